The van der Waals surface area contributed by atoms with Crippen LogP contribution in [0.2, 0.25) is 0 Å². The van der Waals surface area contributed by atoms with E-state index in [-0.39, 0.29) is 18.8 Å². The van der Waals surface area contributed by atoms with Crippen LogP contribution in [-0.2, 0) is 10.3 Å². The lowest BCUT2D eigenvalue weighted by Crippen LogP contribution is -2.49. The molecule has 0 radical (unpaired) electrons. The molecule has 3 rings (SSSR count). The van der Waals surface area contributed by atoms with Gasteiger partial charge in [0.2, 0.25) is 5.92 Å². The van der Waals surface area contributed by atoms with Crippen molar-refractivity contribution in [2.24, 2.45) is 0 Å². The number of carboxylic acids is 1. The predicted molar refractivity (Wildman–Crippen MR) is 63.4 cm³/mol. The van der Waals surface area contributed by atoms with E-state index >= 15 is 0 Å². The van der Waals surface area contributed by atoms with Crippen LogP contribution in [0.4, 0.5) is 8.78 Å². The number of aromatic nitrogens is 4. The standard InChI is InChI=1S/C12H16F2N4O2/c13-12(14)6-2-8(3-7-12)9-15-16-17-18(9)11(10(19)20)4-1-5-11/h8H,1-7H2,(H,19,20). The highest BCUT2D eigenvalue weighted by Crippen LogP contribution is 2.44. The summed E-state index contributed by atoms with van der Waals surface area (Å²) >= 11 is 0. The number of nitrogens with zero attached hydrogens (tertiary/aromatic N) is 4. The first-order valence-corrected chi connectivity index (χ1v) is 6.85. The summed E-state index contributed by atoms with van der Waals surface area (Å²) in [4.78, 5) is 11.5. The summed E-state index contributed by atoms with van der Waals surface area (Å²) in [6.07, 6.45) is 2.00. The van der Waals surface area contributed by atoms with Gasteiger partial charge in [-0.2, -0.15) is 0 Å². The van der Waals surface area contributed by atoms with Gasteiger partial charge in [-0.15, -0.1) is 5.10 Å². The average molecular weight is 286 g/mol. The van der Waals surface area contributed by atoms with E-state index in [1.165, 1.54) is 4.68 Å². The molecule has 1 N–H and O–H groups in total. The third-order valence-electron chi connectivity index (χ3n) is 4.56. The van der Waals surface area contributed by atoms with Crippen LogP contribution in [0.3, 0.4) is 0 Å². The van der Waals surface area contributed by atoms with Crippen molar-refractivity contribution >= 4 is 5.97 Å². The number of rotatable bonds is 3. The van der Waals surface area contributed by atoms with Gasteiger partial charge in [-0.05, 0) is 42.5 Å². The van der Waals surface area contributed by atoms with Crippen molar-refractivity contribution in [3.8, 4) is 0 Å². The van der Waals surface area contributed by atoms with Gasteiger partial charge in [0, 0.05) is 18.8 Å². The van der Waals surface area contributed by atoms with Crippen molar-refractivity contribution in [2.45, 2.75) is 62.3 Å². The molecule has 1 aromatic heterocycles. The van der Waals surface area contributed by atoms with Crippen molar-refractivity contribution in [2.75, 3.05) is 0 Å². The first-order valence-electron chi connectivity index (χ1n) is 6.85. The van der Waals surface area contributed by atoms with E-state index < -0.39 is 17.4 Å². The molecule has 0 amide bonds. The largest absolute Gasteiger partial charge is 0.479 e. The SMILES string of the molecule is O=C(O)C1(n2nnnc2C2CCC(F)(F)CC2)CCC1. The fraction of sp³-hybridized carbons (Fsp3) is 0.833. The number of hydrogen-bond donors (Lipinski definition) is 1. The molecule has 110 valence electrons. The van der Waals surface area contributed by atoms with E-state index in [4.69, 9.17) is 0 Å². The molecule has 1 aromatic rings. The van der Waals surface area contributed by atoms with E-state index in [1.807, 2.05) is 0 Å². The number of tetrazole rings is 1. The second-order valence-corrected chi connectivity index (χ2v) is 5.77. The van der Waals surface area contributed by atoms with E-state index in [0.29, 0.717) is 31.5 Å². The number of halogens is 2. The van der Waals surface area contributed by atoms with Gasteiger partial charge in [0.1, 0.15) is 0 Å². The van der Waals surface area contributed by atoms with Crippen LogP contribution in [-0.4, -0.2) is 37.2 Å². The van der Waals surface area contributed by atoms with Crippen LogP contribution < -0.4 is 0 Å². The van der Waals surface area contributed by atoms with Crippen LogP contribution in [0.15, 0.2) is 0 Å². The van der Waals surface area contributed by atoms with Crippen molar-refractivity contribution in [3.63, 3.8) is 0 Å². The summed E-state index contributed by atoms with van der Waals surface area (Å²) in [5.41, 5.74) is -1.07. The lowest BCUT2D eigenvalue weighted by atomic mass is 9.76. The monoisotopic (exact) mass is 286 g/mol. The Morgan fingerprint density at radius 1 is 1.25 bits per heavy atom. The number of hydrogen-bond acceptors (Lipinski definition) is 4. The van der Waals surface area contributed by atoms with E-state index in [1.54, 1.807) is 0 Å². The van der Waals surface area contributed by atoms with Crippen molar-refractivity contribution in [1.82, 2.24) is 20.2 Å². The predicted octanol–water partition coefficient (Wildman–Crippen LogP) is 1.93. The summed E-state index contributed by atoms with van der Waals surface area (Å²) in [6, 6.07) is 0. The Morgan fingerprint density at radius 2 is 1.90 bits per heavy atom. The molecule has 2 fully saturated rings. The lowest BCUT2D eigenvalue weighted by molar-refractivity contribution is -0.153. The zero-order valence-electron chi connectivity index (χ0n) is 10.9. The average Bonchev–Trinajstić information content (AvgIpc) is 2.76. The fourth-order valence-electron chi connectivity index (χ4n) is 3.08. The Kier molecular flexibility index (Phi) is 2.98. The highest BCUT2D eigenvalue weighted by molar-refractivity contribution is 5.77. The van der Waals surface area contributed by atoms with Gasteiger partial charge in [0.05, 0.1) is 0 Å². The minimum absolute atomic E-state index is 0.179. The molecule has 1 heterocycles. The second kappa shape index (κ2) is 4.46. The Balaban J connectivity index is 1.86. The maximum Gasteiger partial charge on any atom is 0.331 e. The smallest absolute Gasteiger partial charge is 0.331 e. The molecule has 8 heteroatoms. The van der Waals surface area contributed by atoms with Gasteiger partial charge in [-0.1, -0.05) is 0 Å². The third-order valence-corrected chi connectivity index (χ3v) is 4.56. The number of aliphatic carboxylic acids is 1. The van der Waals surface area contributed by atoms with Gasteiger partial charge in [-0.3, -0.25) is 0 Å². The third kappa shape index (κ3) is 1.97. The molecular weight excluding hydrogens is 270 g/mol. The van der Waals surface area contributed by atoms with E-state index in [2.05, 4.69) is 15.5 Å². The molecule has 0 aromatic carbocycles. The van der Waals surface area contributed by atoms with Gasteiger partial charge in [0.15, 0.2) is 11.4 Å². The van der Waals surface area contributed by atoms with Gasteiger partial charge >= 0.3 is 5.97 Å². The second-order valence-electron chi connectivity index (χ2n) is 5.77. The Hall–Kier alpha value is -1.60. The molecular formula is C12H16F2N4O2. The van der Waals surface area contributed by atoms with Gasteiger partial charge in [0.25, 0.3) is 0 Å². The summed E-state index contributed by atoms with van der Waals surface area (Å²) in [5, 5.41) is 20.7. The molecule has 2 aliphatic rings. The summed E-state index contributed by atoms with van der Waals surface area (Å²) in [7, 11) is 0. The zero-order valence-corrected chi connectivity index (χ0v) is 10.9. The van der Waals surface area contributed by atoms with Crippen molar-refractivity contribution in [1.29, 1.82) is 0 Å². The van der Waals surface area contributed by atoms with Crippen LogP contribution >= 0.6 is 0 Å². The summed E-state index contributed by atoms with van der Waals surface area (Å²) in [5.74, 6) is -3.29. The molecule has 2 saturated carbocycles. The number of carboxylic acid groups (broad SMARTS) is 1. The minimum Gasteiger partial charge on any atom is -0.479 e. The molecule has 0 bridgehead atoms. The first kappa shape index (κ1) is 13.4. The minimum atomic E-state index is -2.62. The molecule has 0 atom stereocenters. The Morgan fingerprint density at radius 3 is 2.40 bits per heavy atom. The number of alkyl halides is 2. The summed E-state index contributed by atoms with van der Waals surface area (Å²) < 4.78 is 27.8. The first-order chi connectivity index (χ1) is 9.45. The lowest BCUT2D eigenvalue weighted by Gasteiger charge is -2.39. The molecule has 20 heavy (non-hydrogen) atoms. The Bertz CT molecular complexity index is 517. The maximum atomic E-state index is 13.2. The van der Waals surface area contributed by atoms with Crippen LogP contribution in [0.5, 0.6) is 0 Å². The highest BCUT2D eigenvalue weighted by atomic mass is 19.3. The van der Waals surface area contributed by atoms with Crippen molar-refractivity contribution < 1.29 is 18.7 Å². The molecule has 0 spiro atoms. The fourth-order valence-corrected chi connectivity index (χ4v) is 3.08. The normalized spacial score (nSPS) is 25.1. The van der Waals surface area contributed by atoms with Crippen molar-refractivity contribution in [3.05, 3.63) is 5.82 Å². The van der Waals surface area contributed by atoms with E-state index in [0.717, 1.165) is 6.42 Å². The van der Waals surface area contributed by atoms with Crippen LogP contribution in [0, 0.1) is 0 Å². The molecule has 0 saturated heterocycles. The maximum absolute atomic E-state index is 13.2. The topological polar surface area (TPSA) is 80.9 Å². The highest BCUT2D eigenvalue weighted by Gasteiger charge is 2.50. The van der Waals surface area contributed by atoms with E-state index in [9.17, 15) is 18.7 Å². The quantitative estimate of drug-likeness (QED) is 0.918. The Labute approximate surface area is 114 Å². The number of carbonyl (C=O) groups is 1. The van der Waals surface area contributed by atoms with Gasteiger partial charge in [-0.25, -0.2) is 18.3 Å². The van der Waals surface area contributed by atoms with Crippen LogP contribution in [0.25, 0.3) is 0 Å². The zero-order chi connectivity index (χ0) is 14.4. The van der Waals surface area contributed by atoms with Gasteiger partial charge < -0.3 is 5.11 Å². The molecule has 6 nitrogen and oxygen atoms in total. The molecule has 0 unspecified atom stereocenters. The molecule has 0 aliphatic heterocycles. The molecule has 2 aliphatic carbocycles. The summed E-state index contributed by atoms with van der Waals surface area (Å²) in [6.45, 7) is 0. The van der Waals surface area contributed by atoms with Crippen LogP contribution in [0.1, 0.15) is 56.7 Å².